The zero-order chi connectivity index (χ0) is 11.1. The topological polar surface area (TPSA) is 63.6 Å². The molecule has 2 aromatic heterocycles. The van der Waals surface area contributed by atoms with Gasteiger partial charge in [-0.3, -0.25) is 9.89 Å². The molecule has 2 heterocycles. The first-order valence-electron chi connectivity index (χ1n) is 5.08. The maximum absolute atomic E-state index is 12.0. The first-order chi connectivity index (χ1) is 7.75. The first-order valence-corrected chi connectivity index (χ1v) is 5.46. The van der Waals surface area contributed by atoms with Gasteiger partial charge in [-0.2, -0.15) is 4.68 Å². The van der Waals surface area contributed by atoms with E-state index in [0.717, 1.165) is 30.5 Å². The Morgan fingerprint density at radius 2 is 2.19 bits per heavy atom. The molecule has 1 N–H and O–H groups in total. The number of aromatic amines is 1. The Kier molecular flexibility index (Phi) is 2.07. The fraction of sp³-hybridized carbons (Fsp3) is 0.300. The van der Waals surface area contributed by atoms with Crippen molar-refractivity contribution in [3.63, 3.8) is 0 Å². The minimum absolute atomic E-state index is 0.0240. The molecule has 0 aromatic carbocycles. The molecule has 0 aliphatic heterocycles. The maximum atomic E-state index is 12.0. The van der Waals surface area contributed by atoms with Gasteiger partial charge in [-0.15, -0.1) is 10.2 Å². The number of hydrogen-bond acceptors (Lipinski definition) is 3. The molecular formula is C10H9ClN4O. The Bertz CT molecular complexity index is 584. The molecule has 0 bridgehead atoms. The molecular weight excluding hydrogens is 228 g/mol. The van der Waals surface area contributed by atoms with E-state index in [4.69, 9.17) is 11.6 Å². The molecule has 16 heavy (non-hydrogen) atoms. The normalized spacial score (nSPS) is 14.1. The molecule has 0 saturated carbocycles. The molecule has 82 valence electrons. The molecule has 1 aliphatic carbocycles. The van der Waals surface area contributed by atoms with E-state index >= 15 is 0 Å². The number of fused-ring (bicyclic) bond motifs is 1. The summed E-state index contributed by atoms with van der Waals surface area (Å²) >= 11 is 5.64. The van der Waals surface area contributed by atoms with Crippen LogP contribution in [0.5, 0.6) is 0 Å². The fourth-order valence-electron chi connectivity index (χ4n) is 2.01. The zero-order valence-corrected chi connectivity index (χ0v) is 9.16. The van der Waals surface area contributed by atoms with Crippen molar-refractivity contribution in [1.29, 1.82) is 0 Å². The summed E-state index contributed by atoms with van der Waals surface area (Å²) in [5, 5.41) is 11.0. The fourth-order valence-corrected chi connectivity index (χ4v) is 2.11. The molecule has 3 rings (SSSR count). The number of aromatic nitrogens is 4. The van der Waals surface area contributed by atoms with Crippen LogP contribution in [-0.2, 0) is 12.8 Å². The molecule has 0 atom stereocenters. The lowest BCUT2D eigenvalue weighted by Gasteiger charge is -1.99. The number of aryl methyl sites for hydroxylation is 1. The van der Waals surface area contributed by atoms with Crippen molar-refractivity contribution < 1.29 is 0 Å². The first kappa shape index (κ1) is 9.59. The highest BCUT2D eigenvalue weighted by molar-refractivity contribution is 6.29. The van der Waals surface area contributed by atoms with Crippen molar-refractivity contribution >= 4 is 11.6 Å². The van der Waals surface area contributed by atoms with Gasteiger partial charge in [-0.05, 0) is 31.4 Å². The van der Waals surface area contributed by atoms with Crippen LogP contribution in [0.4, 0.5) is 0 Å². The smallest absolute Gasteiger partial charge is 0.276 e. The van der Waals surface area contributed by atoms with Gasteiger partial charge in [0.05, 0.1) is 0 Å². The van der Waals surface area contributed by atoms with E-state index in [9.17, 15) is 4.79 Å². The van der Waals surface area contributed by atoms with Gasteiger partial charge < -0.3 is 0 Å². The highest BCUT2D eigenvalue weighted by Gasteiger charge is 2.20. The van der Waals surface area contributed by atoms with E-state index in [1.807, 2.05) is 0 Å². The van der Waals surface area contributed by atoms with Crippen molar-refractivity contribution in [1.82, 2.24) is 20.0 Å². The second-order valence-corrected chi connectivity index (χ2v) is 4.16. The SMILES string of the molecule is O=c1c2c([nH]n1-c1ccc(Cl)nn1)CCC2. The lowest BCUT2D eigenvalue weighted by molar-refractivity contribution is 0.748. The summed E-state index contributed by atoms with van der Waals surface area (Å²) in [6.07, 6.45) is 2.82. The van der Waals surface area contributed by atoms with Crippen LogP contribution in [0.3, 0.4) is 0 Å². The van der Waals surface area contributed by atoms with Crippen LogP contribution in [0.25, 0.3) is 5.82 Å². The van der Waals surface area contributed by atoms with Gasteiger partial charge in [-0.25, -0.2) is 0 Å². The van der Waals surface area contributed by atoms with E-state index in [2.05, 4.69) is 15.3 Å². The Hall–Kier alpha value is -1.62. The Balaban J connectivity index is 2.14. The average molecular weight is 237 g/mol. The number of halogens is 1. The molecule has 0 amide bonds. The molecule has 1 aliphatic rings. The van der Waals surface area contributed by atoms with Gasteiger partial charge in [-0.1, -0.05) is 11.6 Å². The number of nitrogens with one attached hydrogen (secondary N) is 1. The molecule has 5 nitrogen and oxygen atoms in total. The molecule has 0 spiro atoms. The molecule has 0 radical (unpaired) electrons. The molecule has 0 fully saturated rings. The summed E-state index contributed by atoms with van der Waals surface area (Å²) in [6, 6.07) is 3.28. The third-order valence-electron chi connectivity index (χ3n) is 2.77. The summed E-state index contributed by atoms with van der Waals surface area (Å²) in [6.45, 7) is 0. The number of H-pyrrole nitrogens is 1. The van der Waals surface area contributed by atoms with Crippen molar-refractivity contribution in [3.8, 4) is 5.82 Å². The second kappa shape index (κ2) is 3.45. The molecule has 2 aromatic rings. The molecule has 0 unspecified atom stereocenters. The average Bonchev–Trinajstić information content (AvgIpc) is 2.84. The quantitative estimate of drug-likeness (QED) is 0.807. The third-order valence-corrected chi connectivity index (χ3v) is 2.97. The van der Waals surface area contributed by atoms with Gasteiger partial charge in [0.2, 0.25) is 0 Å². The van der Waals surface area contributed by atoms with Crippen LogP contribution >= 0.6 is 11.6 Å². The highest BCUT2D eigenvalue weighted by atomic mass is 35.5. The van der Waals surface area contributed by atoms with Gasteiger partial charge in [0.1, 0.15) is 0 Å². The van der Waals surface area contributed by atoms with Crippen molar-refractivity contribution in [2.24, 2.45) is 0 Å². The molecule has 6 heteroatoms. The van der Waals surface area contributed by atoms with Crippen LogP contribution in [0, 0.1) is 0 Å². The monoisotopic (exact) mass is 236 g/mol. The maximum Gasteiger partial charge on any atom is 0.276 e. The van der Waals surface area contributed by atoms with Crippen LogP contribution in [0.2, 0.25) is 5.15 Å². The van der Waals surface area contributed by atoms with Crippen molar-refractivity contribution in [2.75, 3.05) is 0 Å². The summed E-state index contributed by atoms with van der Waals surface area (Å²) < 4.78 is 1.42. The largest absolute Gasteiger partial charge is 0.293 e. The lowest BCUT2D eigenvalue weighted by atomic mass is 10.3. The van der Waals surface area contributed by atoms with Gasteiger partial charge in [0.25, 0.3) is 5.56 Å². The van der Waals surface area contributed by atoms with Gasteiger partial charge >= 0.3 is 0 Å². The van der Waals surface area contributed by atoms with Crippen LogP contribution in [0.15, 0.2) is 16.9 Å². The predicted molar refractivity (Wildman–Crippen MR) is 59.0 cm³/mol. The second-order valence-electron chi connectivity index (χ2n) is 3.78. The molecule has 0 saturated heterocycles. The van der Waals surface area contributed by atoms with Crippen LogP contribution in [0.1, 0.15) is 17.7 Å². The number of rotatable bonds is 1. The Morgan fingerprint density at radius 1 is 1.31 bits per heavy atom. The lowest BCUT2D eigenvalue weighted by Crippen LogP contribution is -2.18. The Labute approximate surface area is 96.1 Å². The van der Waals surface area contributed by atoms with Gasteiger partial charge in [0, 0.05) is 11.3 Å². The minimum Gasteiger partial charge on any atom is -0.293 e. The van der Waals surface area contributed by atoms with Crippen LogP contribution in [-0.4, -0.2) is 20.0 Å². The van der Waals surface area contributed by atoms with Crippen molar-refractivity contribution in [2.45, 2.75) is 19.3 Å². The van der Waals surface area contributed by atoms with E-state index in [1.165, 1.54) is 4.68 Å². The van der Waals surface area contributed by atoms with E-state index < -0.39 is 0 Å². The third kappa shape index (κ3) is 1.36. The summed E-state index contributed by atoms with van der Waals surface area (Å²) in [4.78, 5) is 12.0. The Morgan fingerprint density at radius 3 is 2.88 bits per heavy atom. The highest BCUT2D eigenvalue weighted by Crippen LogP contribution is 2.17. The van der Waals surface area contributed by atoms with Gasteiger partial charge in [0.15, 0.2) is 11.0 Å². The number of hydrogen-bond donors (Lipinski definition) is 1. The predicted octanol–water partition coefficient (Wildman–Crippen LogP) is 1.10. The summed E-state index contributed by atoms with van der Waals surface area (Å²) in [7, 11) is 0. The number of nitrogens with zero attached hydrogens (tertiary/aromatic N) is 3. The summed E-state index contributed by atoms with van der Waals surface area (Å²) in [5.74, 6) is 0.476. The standard InChI is InChI=1S/C10H9ClN4O/c11-8-4-5-9(13-12-8)15-10(16)6-2-1-3-7(6)14-15/h4-5,14H,1-3H2. The minimum atomic E-state index is -0.0240. The van der Waals surface area contributed by atoms with E-state index in [0.29, 0.717) is 11.0 Å². The summed E-state index contributed by atoms with van der Waals surface area (Å²) in [5.41, 5.74) is 1.86. The van der Waals surface area contributed by atoms with E-state index in [1.54, 1.807) is 12.1 Å². The zero-order valence-electron chi connectivity index (χ0n) is 8.40. The van der Waals surface area contributed by atoms with Crippen molar-refractivity contribution in [3.05, 3.63) is 38.9 Å². The van der Waals surface area contributed by atoms with Crippen LogP contribution < -0.4 is 5.56 Å². The van der Waals surface area contributed by atoms with E-state index in [-0.39, 0.29) is 5.56 Å².